The maximum Gasteiger partial charge on any atom is 0.348 e. The number of nitrogens with one attached hydrogen (secondary N) is 1. The average molecular weight is 645 g/mol. The maximum absolute atomic E-state index is 13.4. The van der Waals surface area contributed by atoms with E-state index in [1.54, 1.807) is 19.9 Å². The normalized spacial score (nSPS) is 26.9. The molecule has 1 aromatic carbocycles. The average Bonchev–Trinajstić information content (AvgIpc) is 3.35. The molecule has 6 atom stereocenters. The van der Waals surface area contributed by atoms with Crippen LogP contribution in [0.25, 0.3) is 0 Å². The first-order valence-electron chi connectivity index (χ1n) is 15.3. The minimum atomic E-state index is -1.82. The summed E-state index contributed by atoms with van der Waals surface area (Å²) in [5, 5.41) is 24.1. The number of likely N-dealkylation sites (tertiary alicyclic amines) is 1. The van der Waals surface area contributed by atoms with Crippen LogP contribution in [0.5, 0.6) is 11.5 Å². The lowest BCUT2D eigenvalue weighted by Gasteiger charge is -2.61. The molecule has 3 N–H and O–H groups in total. The predicted octanol–water partition coefficient (Wildman–Crippen LogP) is 0.997. The molecular formula is C32H40N2O12. The SMILES string of the molecule is COc1ccc2c3c1O[C@H]1C(OC(=O)C[C@H](OC(=O)CCNC(=O)C(C)C)C(=O)O[C@@H](C)C(=O)O)=CC[C@@]4(O)[C@@H](C2)N(C)CC[C@]314. The highest BCUT2D eigenvalue weighted by Gasteiger charge is 2.72. The zero-order chi connectivity index (χ0) is 33.6. The Morgan fingerprint density at radius 3 is 2.54 bits per heavy atom. The van der Waals surface area contributed by atoms with Crippen molar-refractivity contribution in [3.8, 4) is 11.5 Å². The minimum Gasteiger partial charge on any atom is -0.493 e. The topological polar surface area (TPSA) is 187 Å². The van der Waals surface area contributed by atoms with Crippen LogP contribution in [0.4, 0.5) is 0 Å². The van der Waals surface area contributed by atoms with E-state index in [2.05, 4.69) is 10.2 Å². The molecule has 14 nitrogen and oxygen atoms in total. The molecule has 1 aromatic rings. The molecule has 0 saturated carbocycles. The maximum atomic E-state index is 13.4. The Labute approximate surface area is 265 Å². The van der Waals surface area contributed by atoms with E-state index in [1.165, 1.54) is 7.11 Å². The number of carboxylic acids is 1. The number of ether oxygens (including phenoxy) is 5. The summed E-state index contributed by atoms with van der Waals surface area (Å²) in [7, 11) is 3.49. The zero-order valence-corrected chi connectivity index (χ0v) is 26.5. The molecule has 0 unspecified atom stereocenters. The zero-order valence-electron chi connectivity index (χ0n) is 26.5. The molecule has 5 rings (SSSR count). The molecule has 0 radical (unpaired) electrons. The number of aliphatic hydroxyl groups is 1. The molecule has 2 bridgehead atoms. The van der Waals surface area contributed by atoms with Crippen molar-refractivity contribution < 1.29 is 57.9 Å². The van der Waals surface area contributed by atoms with Crippen molar-refractivity contribution in [2.45, 2.75) is 88.2 Å². The lowest BCUT2D eigenvalue weighted by Crippen LogP contribution is -2.74. The highest BCUT2D eigenvalue weighted by Crippen LogP contribution is 2.65. The van der Waals surface area contributed by atoms with E-state index in [9.17, 15) is 34.2 Å². The first-order chi connectivity index (χ1) is 21.7. The first-order valence-corrected chi connectivity index (χ1v) is 15.3. The number of carboxylic acid groups (broad SMARTS) is 1. The fourth-order valence-electron chi connectivity index (χ4n) is 7.10. The number of piperidine rings is 1. The number of carbonyl (C=O) groups is 5. The smallest absolute Gasteiger partial charge is 0.348 e. The summed E-state index contributed by atoms with van der Waals surface area (Å²) in [4.78, 5) is 64.0. The van der Waals surface area contributed by atoms with Crippen LogP contribution < -0.4 is 14.8 Å². The van der Waals surface area contributed by atoms with E-state index < -0.39 is 59.6 Å². The summed E-state index contributed by atoms with van der Waals surface area (Å²) < 4.78 is 28.0. The number of amides is 1. The summed E-state index contributed by atoms with van der Waals surface area (Å²) >= 11 is 0. The van der Waals surface area contributed by atoms with Crippen molar-refractivity contribution in [1.82, 2.24) is 10.2 Å². The molecule has 2 aliphatic carbocycles. The van der Waals surface area contributed by atoms with Crippen molar-refractivity contribution in [2.75, 3.05) is 27.2 Å². The molecule has 1 saturated heterocycles. The second-order valence-corrected chi connectivity index (χ2v) is 12.6. The first kappa shape index (κ1) is 33.2. The number of hydrogen-bond acceptors (Lipinski definition) is 12. The van der Waals surface area contributed by atoms with Crippen LogP contribution in [0.2, 0.25) is 0 Å². The highest BCUT2D eigenvalue weighted by atomic mass is 16.6. The monoisotopic (exact) mass is 644 g/mol. The summed E-state index contributed by atoms with van der Waals surface area (Å²) in [6, 6.07) is 3.57. The van der Waals surface area contributed by atoms with Gasteiger partial charge >= 0.3 is 23.9 Å². The van der Waals surface area contributed by atoms with E-state index in [-0.39, 0.29) is 43.0 Å². The number of likely N-dealkylation sites (N-methyl/N-ethyl adjacent to an activating group) is 1. The van der Waals surface area contributed by atoms with Crippen LogP contribution in [0.1, 0.15) is 57.6 Å². The Hall–Kier alpha value is -4.17. The van der Waals surface area contributed by atoms with Crippen LogP contribution in [-0.2, 0) is 50.0 Å². The van der Waals surface area contributed by atoms with Crippen molar-refractivity contribution in [2.24, 2.45) is 5.92 Å². The number of benzene rings is 1. The predicted molar refractivity (Wildman–Crippen MR) is 158 cm³/mol. The summed E-state index contributed by atoms with van der Waals surface area (Å²) in [5.41, 5.74) is -0.314. The number of methoxy groups -OCH3 is 1. The van der Waals surface area contributed by atoms with Gasteiger partial charge in [0.15, 0.2) is 23.7 Å². The Bertz CT molecular complexity index is 1470. The van der Waals surface area contributed by atoms with Gasteiger partial charge < -0.3 is 44.1 Å². The van der Waals surface area contributed by atoms with E-state index in [1.807, 2.05) is 19.2 Å². The van der Waals surface area contributed by atoms with Crippen LogP contribution >= 0.6 is 0 Å². The number of nitrogens with zero attached hydrogens (tertiary/aromatic N) is 1. The lowest BCUT2D eigenvalue weighted by molar-refractivity contribution is -0.179. The van der Waals surface area contributed by atoms with Gasteiger partial charge in [-0.15, -0.1) is 0 Å². The number of aliphatic carboxylic acids is 1. The molecule has 2 aliphatic heterocycles. The van der Waals surface area contributed by atoms with Gasteiger partial charge in [-0.25, -0.2) is 9.59 Å². The molecule has 1 fully saturated rings. The van der Waals surface area contributed by atoms with E-state index in [0.29, 0.717) is 30.9 Å². The third-order valence-electron chi connectivity index (χ3n) is 9.47. The second-order valence-electron chi connectivity index (χ2n) is 12.6. The molecule has 46 heavy (non-hydrogen) atoms. The van der Waals surface area contributed by atoms with Gasteiger partial charge in [0.25, 0.3) is 0 Å². The molecule has 250 valence electrons. The van der Waals surface area contributed by atoms with Gasteiger partial charge in [-0.05, 0) is 51.1 Å². The van der Waals surface area contributed by atoms with Crippen LogP contribution in [0.15, 0.2) is 24.0 Å². The third-order valence-corrected chi connectivity index (χ3v) is 9.47. The van der Waals surface area contributed by atoms with Gasteiger partial charge in [0.05, 0.1) is 31.0 Å². The molecule has 4 aliphatic rings. The molecule has 1 amide bonds. The van der Waals surface area contributed by atoms with Gasteiger partial charge in [0.1, 0.15) is 5.76 Å². The number of hydrogen-bond donors (Lipinski definition) is 3. The van der Waals surface area contributed by atoms with Gasteiger partial charge in [0, 0.05) is 30.5 Å². The summed E-state index contributed by atoms with van der Waals surface area (Å²) in [6.45, 7) is 5.06. The highest BCUT2D eigenvalue weighted by molar-refractivity contribution is 5.87. The number of rotatable bonds is 12. The third kappa shape index (κ3) is 5.57. The molecule has 1 spiro atoms. The fraction of sp³-hybridized carbons (Fsp3) is 0.594. The Morgan fingerprint density at radius 1 is 1.13 bits per heavy atom. The van der Waals surface area contributed by atoms with Crippen molar-refractivity contribution in [3.63, 3.8) is 0 Å². The van der Waals surface area contributed by atoms with Gasteiger partial charge in [0.2, 0.25) is 12.0 Å². The largest absolute Gasteiger partial charge is 0.493 e. The number of esters is 3. The van der Waals surface area contributed by atoms with Gasteiger partial charge in [-0.2, -0.15) is 0 Å². The van der Waals surface area contributed by atoms with Crippen LogP contribution in [0, 0.1) is 5.92 Å². The van der Waals surface area contributed by atoms with Crippen molar-refractivity contribution in [1.29, 1.82) is 0 Å². The molecule has 0 aromatic heterocycles. The van der Waals surface area contributed by atoms with E-state index >= 15 is 0 Å². The van der Waals surface area contributed by atoms with Gasteiger partial charge in [-0.1, -0.05) is 19.9 Å². The number of carbonyl (C=O) groups excluding carboxylic acids is 4. The standard InChI is InChI=1S/C32H40N2O12/c1-16(2)28(37)33-12-9-23(35)45-21(30(40)43-17(3)29(38)39)15-24(36)44-20-8-10-32(41)22-14-18-6-7-19(42-5)26-25(18)31(32,27(20)46-26)11-13-34(22)4/h6-8,16-17,21-22,27,41H,9-15H2,1-5H3,(H,33,37)(H,38,39)/t17-,21-,22+,27-,31-,32+/m0/s1. The van der Waals surface area contributed by atoms with Crippen LogP contribution in [0.3, 0.4) is 0 Å². The quantitative estimate of drug-likeness (QED) is 0.216. The fourth-order valence-corrected chi connectivity index (χ4v) is 7.10. The van der Waals surface area contributed by atoms with E-state index in [0.717, 1.165) is 18.1 Å². The summed E-state index contributed by atoms with van der Waals surface area (Å²) in [6.07, 6.45) is -2.50. The molecule has 2 heterocycles. The lowest BCUT2D eigenvalue weighted by atomic mass is 9.50. The van der Waals surface area contributed by atoms with Crippen LogP contribution in [-0.4, -0.2) is 102 Å². The van der Waals surface area contributed by atoms with Gasteiger partial charge in [-0.3, -0.25) is 14.4 Å². The Kier molecular flexibility index (Phi) is 9.06. The minimum absolute atomic E-state index is 0.0767. The summed E-state index contributed by atoms with van der Waals surface area (Å²) in [5.74, 6) is -4.06. The van der Waals surface area contributed by atoms with E-state index in [4.69, 9.17) is 23.7 Å². The van der Waals surface area contributed by atoms with Crippen molar-refractivity contribution >= 4 is 29.8 Å². The molecule has 14 heteroatoms. The van der Waals surface area contributed by atoms with Crippen molar-refractivity contribution in [3.05, 3.63) is 35.1 Å². The Morgan fingerprint density at radius 2 is 1.87 bits per heavy atom. The Balaban J connectivity index is 1.36. The molecular weight excluding hydrogens is 604 g/mol. The second kappa shape index (κ2) is 12.6.